The molecule has 2 aromatic rings. The zero-order valence-electron chi connectivity index (χ0n) is 17.1. The minimum atomic E-state index is -3.79. The normalized spacial score (nSPS) is 22.6. The standard InChI is InChI=1S/C22H26N4O2S2/c1-16(26-30(27,28)19-9-5-7-17(13-19)14-23)20-10-3-4-11-22(20,21(29)24-2)18-8-6-12-25-15-18/h5-9,12-13,15-16,20,26H,3-4,10-11H2,1-2H3,(H,24,29)/t16?,20-,22-/m1/s1. The largest absolute Gasteiger partial charge is 0.382 e. The molecule has 0 radical (unpaired) electrons. The van der Waals surface area contributed by atoms with Gasteiger partial charge in [0, 0.05) is 25.5 Å². The van der Waals surface area contributed by atoms with Gasteiger partial charge in [0.2, 0.25) is 10.0 Å². The minimum Gasteiger partial charge on any atom is -0.382 e. The number of nitrogens with one attached hydrogen (secondary N) is 2. The first-order chi connectivity index (χ1) is 14.3. The van der Waals surface area contributed by atoms with Gasteiger partial charge in [0.25, 0.3) is 0 Å². The molecule has 1 saturated carbocycles. The van der Waals surface area contributed by atoms with Crippen molar-refractivity contribution < 1.29 is 8.42 Å². The molecule has 1 aliphatic carbocycles. The van der Waals surface area contributed by atoms with Gasteiger partial charge in [-0.2, -0.15) is 5.26 Å². The maximum Gasteiger partial charge on any atom is 0.240 e. The molecule has 1 aliphatic rings. The number of likely N-dealkylation sites (N-methyl/N-ethyl adjacent to an activating group) is 1. The van der Waals surface area contributed by atoms with Crippen LogP contribution in [0.25, 0.3) is 0 Å². The molecule has 1 aromatic carbocycles. The molecule has 8 heteroatoms. The molecule has 0 aliphatic heterocycles. The van der Waals surface area contributed by atoms with Crippen molar-refractivity contribution >= 4 is 27.2 Å². The Bertz CT molecular complexity index is 1050. The smallest absolute Gasteiger partial charge is 0.240 e. The van der Waals surface area contributed by atoms with Crippen LogP contribution >= 0.6 is 12.2 Å². The van der Waals surface area contributed by atoms with Gasteiger partial charge in [-0.1, -0.05) is 37.2 Å². The van der Waals surface area contributed by atoms with Crippen molar-refractivity contribution in [2.45, 2.75) is 49.0 Å². The number of nitriles is 1. The van der Waals surface area contributed by atoms with E-state index in [9.17, 15) is 8.42 Å². The Morgan fingerprint density at radius 2 is 2.13 bits per heavy atom. The van der Waals surface area contributed by atoms with E-state index < -0.39 is 15.4 Å². The predicted octanol–water partition coefficient (Wildman–Crippen LogP) is 3.30. The molecule has 0 bridgehead atoms. The lowest BCUT2D eigenvalue weighted by Gasteiger charge is -2.47. The molecule has 1 heterocycles. The van der Waals surface area contributed by atoms with Crippen LogP contribution in [0.5, 0.6) is 0 Å². The third-order valence-corrected chi connectivity index (χ3v) is 8.12. The van der Waals surface area contributed by atoms with E-state index in [1.54, 1.807) is 18.3 Å². The van der Waals surface area contributed by atoms with Crippen LogP contribution in [0, 0.1) is 17.2 Å². The van der Waals surface area contributed by atoms with Crippen molar-refractivity contribution in [1.82, 2.24) is 15.0 Å². The van der Waals surface area contributed by atoms with Crippen molar-refractivity contribution in [3.8, 4) is 6.07 Å². The van der Waals surface area contributed by atoms with Crippen molar-refractivity contribution in [3.63, 3.8) is 0 Å². The summed E-state index contributed by atoms with van der Waals surface area (Å²) in [5, 5.41) is 12.3. The summed E-state index contributed by atoms with van der Waals surface area (Å²) in [5.74, 6) is -0.0377. The average molecular weight is 443 g/mol. The van der Waals surface area contributed by atoms with Gasteiger partial charge in [0.15, 0.2) is 0 Å². The van der Waals surface area contributed by atoms with Crippen LogP contribution in [-0.4, -0.2) is 31.5 Å². The highest BCUT2D eigenvalue weighted by Crippen LogP contribution is 2.46. The molecule has 0 amide bonds. The summed E-state index contributed by atoms with van der Waals surface area (Å²) < 4.78 is 29.0. The molecule has 1 aromatic heterocycles. The van der Waals surface area contributed by atoms with Gasteiger partial charge < -0.3 is 5.32 Å². The van der Waals surface area contributed by atoms with Crippen LogP contribution in [0.2, 0.25) is 0 Å². The molecular formula is C22H26N4O2S2. The summed E-state index contributed by atoms with van der Waals surface area (Å²) in [7, 11) is -1.97. The van der Waals surface area contributed by atoms with Crippen molar-refractivity contribution in [1.29, 1.82) is 5.26 Å². The van der Waals surface area contributed by atoms with Crippen molar-refractivity contribution in [3.05, 3.63) is 59.9 Å². The fourth-order valence-corrected chi connectivity index (χ4v) is 6.33. The van der Waals surface area contributed by atoms with E-state index >= 15 is 0 Å². The summed E-state index contributed by atoms with van der Waals surface area (Å²) in [5.41, 5.74) is 0.823. The first-order valence-electron chi connectivity index (χ1n) is 10.0. The van der Waals surface area contributed by atoms with Crippen LogP contribution in [0.15, 0.2) is 53.7 Å². The Labute approximate surface area is 183 Å². The van der Waals surface area contributed by atoms with E-state index in [2.05, 4.69) is 15.0 Å². The second-order valence-electron chi connectivity index (χ2n) is 7.69. The van der Waals surface area contributed by atoms with Crippen LogP contribution in [-0.2, 0) is 15.4 Å². The van der Waals surface area contributed by atoms with E-state index in [1.807, 2.05) is 38.4 Å². The third kappa shape index (κ3) is 4.24. The van der Waals surface area contributed by atoms with Gasteiger partial charge in [-0.05, 0) is 55.5 Å². The Morgan fingerprint density at radius 3 is 2.80 bits per heavy atom. The van der Waals surface area contributed by atoms with E-state index in [0.29, 0.717) is 10.6 Å². The number of nitrogens with zero attached hydrogens (tertiary/aromatic N) is 2. The number of sulfonamides is 1. The fourth-order valence-electron chi connectivity index (χ4n) is 4.63. The number of aromatic nitrogens is 1. The molecule has 0 spiro atoms. The Balaban J connectivity index is 1.98. The highest BCUT2D eigenvalue weighted by molar-refractivity contribution is 7.89. The maximum atomic E-state index is 13.1. The Kier molecular flexibility index (Phi) is 6.86. The van der Waals surface area contributed by atoms with Crippen molar-refractivity contribution in [2.24, 2.45) is 5.92 Å². The lowest BCUT2D eigenvalue weighted by atomic mass is 9.60. The lowest BCUT2D eigenvalue weighted by Crippen LogP contribution is -2.55. The Hall–Kier alpha value is -2.34. The van der Waals surface area contributed by atoms with Crippen LogP contribution in [0.4, 0.5) is 0 Å². The molecular weight excluding hydrogens is 416 g/mol. The first kappa shape index (κ1) is 22.3. The second-order valence-corrected chi connectivity index (χ2v) is 9.82. The molecule has 0 saturated heterocycles. The number of hydrogen-bond acceptors (Lipinski definition) is 5. The number of hydrogen-bond donors (Lipinski definition) is 2. The summed E-state index contributed by atoms with van der Waals surface area (Å²) >= 11 is 5.78. The van der Waals surface area contributed by atoms with Gasteiger partial charge in [-0.3, -0.25) is 4.98 Å². The van der Waals surface area contributed by atoms with E-state index in [4.69, 9.17) is 17.5 Å². The molecule has 3 atom stereocenters. The van der Waals surface area contributed by atoms with Gasteiger partial charge in [-0.15, -0.1) is 0 Å². The summed E-state index contributed by atoms with van der Waals surface area (Å²) in [6, 6.07) is 11.6. The van der Waals surface area contributed by atoms with E-state index in [1.165, 1.54) is 12.1 Å². The average Bonchev–Trinajstić information content (AvgIpc) is 2.78. The maximum absolute atomic E-state index is 13.1. The fraction of sp³-hybridized carbons (Fsp3) is 0.409. The molecule has 1 unspecified atom stereocenters. The zero-order valence-corrected chi connectivity index (χ0v) is 18.8. The zero-order chi connectivity index (χ0) is 21.8. The SMILES string of the molecule is CNC(=S)[C@@]1(c2cccnc2)CCCC[C@@H]1C(C)NS(=O)(=O)c1cccc(C#N)c1. The molecule has 6 nitrogen and oxygen atoms in total. The number of rotatable bonds is 6. The highest BCUT2D eigenvalue weighted by atomic mass is 32.2. The summed E-state index contributed by atoms with van der Waals surface area (Å²) in [4.78, 5) is 5.10. The highest BCUT2D eigenvalue weighted by Gasteiger charge is 2.48. The molecule has 1 fully saturated rings. The number of thiocarbonyl (C=S) groups is 1. The molecule has 2 N–H and O–H groups in total. The molecule has 3 rings (SSSR count). The van der Waals surface area contributed by atoms with Gasteiger partial charge in [0.05, 0.1) is 26.9 Å². The Morgan fingerprint density at radius 1 is 1.33 bits per heavy atom. The monoisotopic (exact) mass is 442 g/mol. The minimum absolute atomic E-state index is 0.0377. The van der Waals surface area contributed by atoms with E-state index in [0.717, 1.165) is 31.2 Å². The van der Waals surface area contributed by atoms with Crippen LogP contribution < -0.4 is 10.0 Å². The predicted molar refractivity (Wildman–Crippen MR) is 120 cm³/mol. The third-order valence-electron chi connectivity index (χ3n) is 6.00. The number of pyridine rings is 1. The first-order valence-corrected chi connectivity index (χ1v) is 11.9. The van der Waals surface area contributed by atoms with Crippen molar-refractivity contribution in [2.75, 3.05) is 7.05 Å². The van der Waals surface area contributed by atoms with Gasteiger partial charge in [-0.25, -0.2) is 13.1 Å². The summed E-state index contributed by atoms with van der Waals surface area (Å²) in [6.07, 6.45) is 7.26. The molecule has 30 heavy (non-hydrogen) atoms. The molecule has 158 valence electrons. The lowest BCUT2D eigenvalue weighted by molar-refractivity contribution is 0.213. The van der Waals surface area contributed by atoms with Crippen LogP contribution in [0.3, 0.4) is 0 Å². The van der Waals surface area contributed by atoms with Crippen LogP contribution in [0.1, 0.15) is 43.7 Å². The van der Waals surface area contributed by atoms with Gasteiger partial charge in [0.1, 0.15) is 0 Å². The summed E-state index contributed by atoms with van der Waals surface area (Å²) in [6.45, 7) is 1.89. The number of benzene rings is 1. The van der Waals surface area contributed by atoms with Gasteiger partial charge >= 0.3 is 0 Å². The van der Waals surface area contributed by atoms with E-state index in [-0.39, 0.29) is 16.9 Å². The second kappa shape index (κ2) is 9.21. The quantitative estimate of drug-likeness (QED) is 0.667. The topological polar surface area (TPSA) is 94.9 Å².